The Morgan fingerprint density at radius 2 is 0.489 bits per heavy atom. The molecule has 0 saturated heterocycles. The number of fused-ring (bicyclic) bond motifs is 20. The minimum absolute atomic E-state index is 0.723. The van der Waals surface area contributed by atoms with Gasteiger partial charge >= 0.3 is 0 Å². The number of nitrogens with zero attached hydrogens (tertiary/aromatic N) is 4. The molecule has 90 heavy (non-hydrogen) atoms. The van der Waals surface area contributed by atoms with E-state index in [0.717, 1.165) is 103 Å². The third-order valence-corrected chi connectivity index (χ3v) is 18.5. The van der Waals surface area contributed by atoms with Crippen molar-refractivity contribution in [1.29, 1.82) is 0 Å². The fourth-order valence-corrected chi connectivity index (χ4v) is 13.6. The molecule has 16 aromatic rings. The molecule has 4 aliphatic heterocycles. The summed E-state index contributed by atoms with van der Waals surface area (Å²) in [5.74, 6) is 7.83. The molecular formula is C82H64N4O4. The fraction of sp³-hybridized carbons (Fsp3) is 0.122. The topological polar surface area (TPSA) is 52.2 Å². The number of rotatable bonds is 4. The number of para-hydroxylation sites is 12. The summed E-state index contributed by atoms with van der Waals surface area (Å²) in [6.45, 7) is 13.3. The first kappa shape index (κ1) is 53.3. The Balaban J connectivity index is 0.000000121. The largest absolute Gasteiger partial charge is 0.453 e. The summed E-state index contributed by atoms with van der Waals surface area (Å²) in [5.41, 5.74) is 17.8. The molecule has 436 valence electrons. The van der Waals surface area contributed by atoms with E-state index in [9.17, 15) is 0 Å². The van der Waals surface area contributed by atoms with E-state index in [1.54, 1.807) is 0 Å². The average Bonchev–Trinajstić information content (AvgIpc) is 1.22. The Labute approximate surface area is 522 Å². The van der Waals surface area contributed by atoms with Gasteiger partial charge in [0, 0.05) is 43.1 Å². The van der Waals surface area contributed by atoms with Crippen LogP contribution in [-0.4, -0.2) is 8.80 Å². The zero-order chi connectivity index (χ0) is 60.5. The summed E-state index contributed by atoms with van der Waals surface area (Å²) in [5, 5.41) is 10.5. The molecule has 0 unspecified atom stereocenters. The van der Waals surface area contributed by atoms with Crippen molar-refractivity contribution in [2.45, 2.75) is 54.4 Å². The Hall–Kier alpha value is -11.0. The highest BCUT2D eigenvalue weighted by Gasteiger charge is 2.38. The van der Waals surface area contributed by atoms with E-state index in [1.807, 2.05) is 72.8 Å². The van der Waals surface area contributed by atoms with E-state index in [0.29, 0.717) is 0 Å². The molecule has 0 bridgehead atoms. The van der Waals surface area contributed by atoms with Gasteiger partial charge in [0.05, 0.1) is 55.8 Å². The summed E-state index contributed by atoms with van der Waals surface area (Å²) < 4.78 is 30.9. The monoisotopic (exact) mass is 1170 g/mol. The molecule has 0 spiro atoms. The molecule has 12 aromatic carbocycles. The predicted molar refractivity (Wildman–Crippen MR) is 373 cm³/mol. The lowest BCUT2D eigenvalue weighted by molar-refractivity contribution is 0.444. The molecule has 8 nitrogen and oxygen atoms in total. The molecule has 0 aliphatic carbocycles. The van der Waals surface area contributed by atoms with Gasteiger partial charge in [0.25, 0.3) is 0 Å². The maximum Gasteiger partial charge on any atom is 0.156 e. The lowest BCUT2D eigenvalue weighted by Crippen LogP contribution is -2.20. The van der Waals surface area contributed by atoms with Crippen molar-refractivity contribution in [2.75, 3.05) is 9.80 Å². The highest BCUT2D eigenvalue weighted by molar-refractivity contribution is 6.27. The number of ether oxygens (including phenoxy) is 4. The Kier molecular flexibility index (Phi) is 12.3. The molecule has 0 amide bonds. The first-order chi connectivity index (χ1) is 44.2. The van der Waals surface area contributed by atoms with E-state index in [2.05, 4.69) is 230 Å². The number of hydrogen-bond donors (Lipinski definition) is 0. The smallest absolute Gasteiger partial charge is 0.156 e. The van der Waals surface area contributed by atoms with Gasteiger partial charge in [-0.2, -0.15) is 0 Å². The van der Waals surface area contributed by atoms with Crippen molar-refractivity contribution in [3.63, 3.8) is 0 Å². The van der Waals surface area contributed by atoms with Gasteiger partial charge in [0.15, 0.2) is 46.0 Å². The summed E-state index contributed by atoms with van der Waals surface area (Å²) >= 11 is 0. The van der Waals surface area contributed by atoms with Crippen LogP contribution >= 0.6 is 0 Å². The van der Waals surface area contributed by atoms with Crippen LogP contribution in [0.5, 0.6) is 46.0 Å². The molecule has 20 rings (SSSR count). The van der Waals surface area contributed by atoms with Gasteiger partial charge in [-0.1, -0.05) is 176 Å². The Morgan fingerprint density at radius 1 is 0.267 bits per heavy atom. The van der Waals surface area contributed by atoms with Crippen molar-refractivity contribution in [3.05, 3.63) is 243 Å². The van der Waals surface area contributed by atoms with Crippen LogP contribution in [0.25, 0.3) is 98.4 Å². The van der Waals surface area contributed by atoms with E-state index in [1.165, 1.54) is 100 Å². The van der Waals surface area contributed by atoms with E-state index < -0.39 is 0 Å². The van der Waals surface area contributed by atoms with Crippen LogP contribution in [0, 0.1) is 11.8 Å². The van der Waals surface area contributed by atoms with Crippen molar-refractivity contribution in [2.24, 2.45) is 11.8 Å². The minimum atomic E-state index is 0.723. The van der Waals surface area contributed by atoms with Crippen LogP contribution in [0.1, 0.15) is 54.4 Å². The van der Waals surface area contributed by atoms with Crippen molar-refractivity contribution < 1.29 is 18.9 Å². The molecule has 0 N–H and O–H groups in total. The summed E-state index contributed by atoms with van der Waals surface area (Å²) in [4.78, 5) is 4.45. The Bertz CT molecular complexity index is 4870. The molecular weight excluding hydrogens is 1100 g/mol. The maximum atomic E-state index is 6.50. The third kappa shape index (κ3) is 8.20. The van der Waals surface area contributed by atoms with Gasteiger partial charge < -0.3 is 27.7 Å². The van der Waals surface area contributed by atoms with Crippen molar-refractivity contribution in [1.82, 2.24) is 8.80 Å². The molecule has 4 aromatic heterocycles. The highest BCUT2D eigenvalue weighted by atomic mass is 16.5. The predicted octanol–water partition coefficient (Wildman–Crippen LogP) is 24.5. The summed E-state index contributed by atoms with van der Waals surface area (Å²) in [6.07, 6.45) is 2.61. The fourth-order valence-electron chi connectivity index (χ4n) is 13.6. The van der Waals surface area contributed by atoms with Crippen LogP contribution in [0.3, 0.4) is 0 Å². The van der Waals surface area contributed by atoms with E-state index >= 15 is 0 Å². The van der Waals surface area contributed by atoms with Gasteiger partial charge in [-0.25, -0.2) is 0 Å². The highest BCUT2D eigenvalue weighted by Crippen LogP contribution is 2.63. The number of benzene rings is 12. The lowest BCUT2D eigenvalue weighted by Gasteiger charge is -2.38. The normalized spacial score (nSPS) is 12.9. The van der Waals surface area contributed by atoms with Crippen LogP contribution < -0.4 is 28.7 Å². The van der Waals surface area contributed by atoms with Crippen LogP contribution in [0.4, 0.5) is 34.1 Å². The average molecular weight is 1170 g/mol. The van der Waals surface area contributed by atoms with Gasteiger partial charge in [-0.05, 0) is 155 Å². The number of hydrogen-bond acceptors (Lipinski definition) is 6. The minimum Gasteiger partial charge on any atom is -0.453 e. The van der Waals surface area contributed by atoms with Gasteiger partial charge in [-0.3, -0.25) is 9.80 Å². The third-order valence-electron chi connectivity index (χ3n) is 18.5. The van der Waals surface area contributed by atoms with E-state index in [-0.39, 0.29) is 0 Å². The van der Waals surface area contributed by atoms with Crippen molar-refractivity contribution in [3.8, 4) is 68.2 Å². The number of aromatic nitrogens is 2. The molecule has 0 fully saturated rings. The second kappa shape index (κ2) is 20.9. The van der Waals surface area contributed by atoms with Gasteiger partial charge in [-0.15, -0.1) is 0 Å². The molecule has 0 radical (unpaired) electrons. The zero-order valence-electron chi connectivity index (χ0n) is 51.1. The molecule has 8 heterocycles. The van der Waals surface area contributed by atoms with Gasteiger partial charge in [0.2, 0.25) is 0 Å². The second-order valence-electron chi connectivity index (χ2n) is 24.8. The van der Waals surface area contributed by atoms with Crippen molar-refractivity contribution >= 4 is 110 Å². The first-order valence-corrected chi connectivity index (χ1v) is 31.6. The quantitative estimate of drug-likeness (QED) is 0.175. The SMILES string of the molecule is CCC(C)C.CCC(C)C.c1ccc2c(c1)Oc1cc(-c3cc4c5c(c3)Oc3ccccc3N5c3ccccc3O4)cc3c1N2c1ccccc1O3.c1ccc2c(c1)c1cc(-c3cc4c5ccccc5n5c6ccccc6c(c3)c45)cc3c4ccccc4n2c13. The van der Waals surface area contributed by atoms with Crippen LogP contribution in [0.2, 0.25) is 0 Å². The lowest BCUT2D eigenvalue weighted by atomic mass is 9.96. The molecule has 4 aliphatic rings. The molecule has 8 heteroatoms. The van der Waals surface area contributed by atoms with Crippen LogP contribution in [0.15, 0.2) is 243 Å². The van der Waals surface area contributed by atoms with Gasteiger partial charge in [0.1, 0.15) is 11.4 Å². The number of anilines is 6. The Morgan fingerprint density at radius 3 is 0.744 bits per heavy atom. The molecule has 0 atom stereocenters. The summed E-state index contributed by atoms with van der Waals surface area (Å²) in [6, 6.07) is 85.6. The molecule has 0 saturated carbocycles. The standard InChI is InChI=1S/C36H20N2O4.C36H20N2.2C5H12/c1-5-13-27-23(9-1)37-24-10-2-6-14-28(24)40-32-18-21(17-31(39-27)35(32)37)22-19-33-36-34(20-22)42-30-16-8-4-12-26(30)38(36)25-11-3-7-15-29(25)41-33;1-5-13-31-23(9-1)27-17-21(18-28-24-10-2-6-14-32(24)37(31)35(27)28)22-19-29-25-11-3-7-15-33(25)38-34-16-8-4-12-26(34)30(20-22)36(29)38;2*1-4-5(2)3/h1-20H;1-20H;2*5H,4H2,1-3H3. The first-order valence-electron chi connectivity index (χ1n) is 31.6. The van der Waals surface area contributed by atoms with Crippen LogP contribution in [-0.2, 0) is 0 Å². The van der Waals surface area contributed by atoms with E-state index in [4.69, 9.17) is 18.9 Å². The second-order valence-corrected chi connectivity index (χ2v) is 24.8. The maximum absolute atomic E-state index is 6.50. The summed E-state index contributed by atoms with van der Waals surface area (Å²) in [7, 11) is 0. The zero-order valence-corrected chi connectivity index (χ0v) is 51.1.